The largest absolute Gasteiger partial charge is 0.421 e. The van der Waals surface area contributed by atoms with Gasteiger partial charge in [0.15, 0.2) is 0 Å². The number of fused-ring (bicyclic) bond motifs is 4. The Morgan fingerprint density at radius 3 is 1.04 bits per heavy atom. The Hall–Kier alpha value is -6.58. The molecule has 0 N–H and O–H groups in total. The molecule has 0 saturated carbocycles. The third-order valence-electron chi connectivity index (χ3n) is 10.4. The van der Waals surface area contributed by atoms with E-state index in [9.17, 15) is 0 Å². The molecular weight excluding hydrogens is 615 g/mol. The standard InChI is InChI=1S/C48H33BN2/c1-5-17-34(18-6-1)36-29-37(35-19-7-2-8-20-35)31-38(30-36)39-32-44-42-25-13-15-27-46(42)50(40-21-9-3-10-22-40)49-48(44)45(33-39)43-26-14-16-28-47(43)51(49)41-23-11-4-12-24-41/h1-33H. The van der Waals surface area contributed by atoms with E-state index in [4.69, 9.17) is 0 Å². The van der Waals surface area contributed by atoms with Gasteiger partial charge in [-0.3, -0.25) is 0 Å². The Balaban J connectivity index is 1.28. The molecule has 2 nitrogen and oxygen atoms in total. The van der Waals surface area contributed by atoms with Crippen LogP contribution in [0.15, 0.2) is 200 Å². The van der Waals surface area contributed by atoms with E-state index in [1.54, 1.807) is 0 Å². The summed E-state index contributed by atoms with van der Waals surface area (Å²) in [5.74, 6) is 0. The van der Waals surface area contributed by atoms with Gasteiger partial charge in [0.25, 0.3) is 0 Å². The summed E-state index contributed by atoms with van der Waals surface area (Å²) >= 11 is 0. The molecule has 0 aliphatic carbocycles. The van der Waals surface area contributed by atoms with Crippen molar-refractivity contribution in [1.29, 1.82) is 0 Å². The van der Waals surface area contributed by atoms with Crippen LogP contribution >= 0.6 is 0 Å². The van der Waals surface area contributed by atoms with Gasteiger partial charge in [-0.05, 0) is 117 Å². The fourth-order valence-corrected chi connectivity index (χ4v) is 8.13. The second-order valence-corrected chi connectivity index (χ2v) is 13.3. The summed E-state index contributed by atoms with van der Waals surface area (Å²) in [6, 6.07) is 73.0. The van der Waals surface area contributed by atoms with Crippen molar-refractivity contribution in [3.8, 4) is 55.6 Å². The summed E-state index contributed by atoms with van der Waals surface area (Å²) in [5.41, 5.74) is 18.4. The molecule has 0 radical (unpaired) electrons. The Kier molecular flexibility index (Phi) is 6.95. The van der Waals surface area contributed by atoms with Crippen molar-refractivity contribution >= 4 is 35.2 Å². The quantitative estimate of drug-likeness (QED) is 0.171. The zero-order valence-electron chi connectivity index (χ0n) is 28.0. The second-order valence-electron chi connectivity index (χ2n) is 13.3. The normalized spacial score (nSPS) is 12.6. The van der Waals surface area contributed by atoms with Crippen LogP contribution in [-0.2, 0) is 0 Å². The van der Waals surface area contributed by atoms with E-state index in [1.807, 2.05) is 0 Å². The molecule has 0 fully saturated rings. The van der Waals surface area contributed by atoms with Gasteiger partial charge in [-0.25, -0.2) is 0 Å². The van der Waals surface area contributed by atoms with Crippen LogP contribution in [-0.4, -0.2) is 6.98 Å². The molecule has 2 heterocycles. The topological polar surface area (TPSA) is 6.48 Å². The van der Waals surface area contributed by atoms with Crippen molar-refractivity contribution in [2.75, 3.05) is 9.62 Å². The molecule has 0 amide bonds. The number of benzene rings is 8. The zero-order valence-corrected chi connectivity index (χ0v) is 28.0. The number of anilines is 4. The summed E-state index contributed by atoms with van der Waals surface area (Å²) in [6.07, 6.45) is 0. The van der Waals surface area contributed by atoms with Gasteiger partial charge in [0.05, 0.1) is 0 Å². The van der Waals surface area contributed by atoms with Crippen LogP contribution in [0.25, 0.3) is 55.6 Å². The molecule has 3 heteroatoms. The summed E-state index contributed by atoms with van der Waals surface area (Å²) in [5, 5.41) is 0. The highest BCUT2D eigenvalue weighted by Gasteiger charge is 2.46. The van der Waals surface area contributed by atoms with Gasteiger partial charge in [-0.2, -0.15) is 0 Å². The van der Waals surface area contributed by atoms with Crippen LogP contribution in [0, 0.1) is 0 Å². The predicted molar refractivity (Wildman–Crippen MR) is 216 cm³/mol. The minimum atomic E-state index is -0.103. The van der Waals surface area contributed by atoms with E-state index in [1.165, 1.54) is 83.8 Å². The molecule has 0 spiro atoms. The summed E-state index contributed by atoms with van der Waals surface area (Å²) in [7, 11) is 0. The molecule has 0 saturated heterocycles. The number of nitrogens with zero attached hydrogens (tertiary/aromatic N) is 2. The third-order valence-corrected chi connectivity index (χ3v) is 10.4. The molecule has 0 atom stereocenters. The lowest BCUT2D eigenvalue weighted by atomic mass is 9.53. The summed E-state index contributed by atoms with van der Waals surface area (Å²) in [4.78, 5) is 5.07. The van der Waals surface area contributed by atoms with E-state index in [2.05, 4.69) is 210 Å². The molecule has 51 heavy (non-hydrogen) atoms. The lowest BCUT2D eigenvalue weighted by molar-refractivity contribution is 1.26. The van der Waals surface area contributed by atoms with E-state index < -0.39 is 0 Å². The fraction of sp³-hybridized carbons (Fsp3) is 0. The maximum absolute atomic E-state index is 2.54. The van der Waals surface area contributed by atoms with Gasteiger partial charge in [0.2, 0.25) is 0 Å². The van der Waals surface area contributed by atoms with Gasteiger partial charge in [0, 0.05) is 33.9 Å². The van der Waals surface area contributed by atoms with Crippen LogP contribution in [0.3, 0.4) is 0 Å². The van der Waals surface area contributed by atoms with Crippen molar-refractivity contribution in [3.63, 3.8) is 0 Å². The first kappa shape index (κ1) is 29.4. The van der Waals surface area contributed by atoms with E-state index >= 15 is 0 Å². The third kappa shape index (κ3) is 4.89. The molecule has 0 unspecified atom stereocenters. The van der Waals surface area contributed by atoms with Crippen molar-refractivity contribution in [3.05, 3.63) is 200 Å². The number of hydrogen-bond acceptors (Lipinski definition) is 2. The van der Waals surface area contributed by atoms with Crippen LogP contribution < -0.4 is 15.1 Å². The van der Waals surface area contributed by atoms with Gasteiger partial charge < -0.3 is 9.62 Å². The minimum Gasteiger partial charge on any atom is -0.361 e. The van der Waals surface area contributed by atoms with Crippen molar-refractivity contribution in [2.24, 2.45) is 0 Å². The summed E-state index contributed by atoms with van der Waals surface area (Å²) < 4.78 is 0. The lowest BCUT2D eigenvalue weighted by Gasteiger charge is -2.48. The van der Waals surface area contributed by atoms with Crippen LogP contribution in [0.1, 0.15) is 0 Å². The Bertz CT molecular complexity index is 2360. The van der Waals surface area contributed by atoms with E-state index in [-0.39, 0.29) is 6.98 Å². The average Bonchev–Trinajstić information content (AvgIpc) is 3.22. The molecule has 2 aliphatic rings. The molecule has 10 rings (SSSR count). The SMILES string of the molecule is c1ccc(-c2cc(-c3ccccc3)cc(-c3cc4c5c(c3)-c3ccccc3N(c3ccccc3)B5N(c3ccccc3)c3ccccc3-4)c2)cc1. The van der Waals surface area contributed by atoms with E-state index in [0.29, 0.717) is 0 Å². The van der Waals surface area contributed by atoms with Gasteiger partial charge in [0.1, 0.15) is 0 Å². The maximum atomic E-state index is 2.54. The van der Waals surface area contributed by atoms with Crippen LogP contribution in [0.5, 0.6) is 0 Å². The smallest absolute Gasteiger partial charge is 0.361 e. The molecule has 0 aromatic heterocycles. The Labute approximate surface area is 299 Å². The highest BCUT2D eigenvalue weighted by Crippen LogP contribution is 2.50. The van der Waals surface area contributed by atoms with Crippen LogP contribution in [0.2, 0.25) is 0 Å². The van der Waals surface area contributed by atoms with Gasteiger partial charge in [-0.1, -0.05) is 133 Å². The highest BCUT2D eigenvalue weighted by atomic mass is 15.2. The molecular formula is C48H33BN2. The maximum Gasteiger partial charge on any atom is 0.421 e. The molecule has 2 aliphatic heterocycles. The molecule has 238 valence electrons. The first-order valence-electron chi connectivity index (χ1n) is 17.6. The fourth-order valence-electron chi connectivity index (χ4n) is 8.13. The van der Waals surface area contributed by atoms with Crippen molar-refractivity contribution in [1.82, 2.24) is 0 Å². The number of hydrogen-bond donors (Lipinski definition) is 0. The highest BCUT2D eigenvalue weighted by molar-refractivity contribution is 6.86. The van der Waals surface area contributed by atoms with Crippen molar-refractivity contribution < 1.29 is 0 Å². The average molecular weight is 649 g/mol. The Morgan fingerprint density at radius 2 is 0.608 bits per heavy atom. The molecule has 8 aromatic carbocycles. The second kappa shape index (κ2) is 12.1. The molecule has 0 bridgehead atoms. The van der Waals surface area contributed by atoms with E-state index in [0.717, 1.165) is 0 Å². The first-order valence-corrected chi connectivity index (χ1v) is 17.6. The first-order chi connectivity index (χ1) is 25.3. The summed E-state index contributed by atoms with van der Waals surface area (Å²) in [6.45, 7) is -0.103. The number of rotatable bonds is 5. The minimum absolute atomic E-state index is 0.103. The van der Waals surface area contributed by atoms with Gasteiger partial charge >= 0.3 is 6.98 Å². The van der Waals surface area contributed by atoms with Gasteiger partial charge in [-0.15, -0.1) is 0 Å². The Morgan fingerprint density at radius 1 is 0.275 bits per heavy atom. The predicted octanol–water partition coefficient (Wildman–Crippen LogP) is 12.0. The van der Waals surface area contributed by atoms with Crippen LogP contribution in [0.4, 0.5) is 22.7 Å². The number of para-hydroxylation sites is 4. The van der Waals surface area contributed by atoms with Crippen molar-refractivity contribution in [2.45, 2.75) is 0 Å². The molecule has 8 aromatic rings. The monoisotopic (exact) mass is 648 g/mol. The zero-order chi connectivity index (χ0) is 33.7. The lowest BCUT2D eigenvalue weighted by Crippen LogP contribution is -2.61.